The van der Waals surface area contributed by atoms with E-state index in [9.17, 15) is 13.2 Å². The summed E-state index contributed by atoms with van der Waals surface area (Å²) in [7, 11) is 9.18. The van der Waals surface area contributed by atoms with Gasteiger partial charge in [-0.1, -0.05) is 0 Å². The second-order valence-corrected chi connectivity index (χ2v) is 8.29. The zero-order chi connectivity index (χ0) is 17.3. The molecular weight excluding hydrogens is 311 g/mol. The lowest BCUT2D eigenvalue weighted by Gasteiger charge is -2.27. The van der Waals surface area contributed by atoms with E-state index < -0.39 is 21.0 Å². The van der Waals surface area contributed by atoms with Crippen molar-refractivity contribution >= 4 is 14.8 Å². The molecule has 128 valence electrons. The molecule has 0 unspecified atom stereocenters. The number of carboxylic acid groups (broad SMARTS) is 1. The largest absolute Gasteiger partial charge is 0.542 e. The maximum Gasteiger partial charge on any atom is 0.500 e. The Morgan fingerprint density at radius 3 is 1.62 bits per heavy atom. The van der Waals surface area contributed by atoms with Crippen LogP contribution in [0.3, 0.4) is 0 Å². The van der Waals surface area contributed by atoms with Gasteiger partial charge in [-0.25, -0.2) is 0 Å². The predicted octanol–water partition coefficient (Wildman–Crippen LogP) is 0.259. The molecule has 0 atom stereocenters. The minimum Gasteiger partial charge on any atom is -0.542 e. The standard InChI is InChI=1S/C9H24NO3Si.C2HF3O2/c1-10(2,3)8-7-9-14(11-4,12-5)13-6;3-2(4,5)1(6)7/h7-9H2,1-6H3;(H,6,7)/q+1;/p-1. The summed E-state index contributed by atoms with van der Waals surface area (Å²) in [5, 5.41) is 8.78. The molecule has 0 saturated carbocycles. The second-order valence-electron chi connectivity index (χ2n) is 5.20. The van der Waals surface area contributed by atoms with Crippen molar-refractivity contribution in [2.45, 2.75) is 18.6 Å². The molecule has 0 aromatic carbocycles. The number of quaternary nitrogens is 1. The van der Waals surface area contributed by atoms with Crippen molar-refractivity contribution in [1.82, 2.24) is 0 Å². The van der Waals surface area contributed by atoms with Crippen LogP contribution in [0.4, 0.5) is 13.2 Å². The van der Waals surface area contributed by atoms with E-state index in [1.165, 1.54) is 0 Å². The van der Waals surface area contributed by atoms with Gasteiger partial charge in [-0.05, 0) is 0 Å². The molecule has 0 spiro atoms. The Hall–Kier alpha value is -0.683. The number of rotatable bonds is 7. The number of nitrogens with zero attached hydrogens (tertiary/aromatic N) is 1. The van der Waals surface area contributed by atoms with Gasteiger partial charge in [-0.2, -0.15) is 13.2 Å². The van der Waals surface area contributed by atoms with Gasteiger partial charge in [-0.3, -0.25) is 0 Å². The number of halogens is 3. The third kappa shape index (κ3) is 11.6. The molecule has 21 heavy (non-hydrogen) atoms. The van der Waals surface area contributed by atoms with Gasteiger partial charge in [0.05, 0.1) is 27.7 Å². The summed E-state index contributed by atoms with van der Waals surface area (Å²) in [4.78, 5) is 8.78. The molecule has 0 radical (unpaired) electrons. The van der Waals surface area contributed by atoms with Gasteiger partial charge >= 0.3 is 15.0 Å². The van der Waals surface area contributed by atoms with Crippen LogP contribution in [0.5, 0.6) is 0 Å². The van der Waals surface area contributed by atoms with E-state index in [2.05, 4.69) is 21.1 Å². The minimum atomic E-state index is -5.19. The van der Waals surface area contributed by atoms with Gasteiger partial charge in [0.25, 0.3) is 0 Å². The third-order valence-electron chi connectivity index (χ3n) is 2.48. The fourth-order valence-corrected chi connectivity index (χ4v) is 3.03. The first-order valence-corrected chi connectivity index (χ1v) is 8.01. The Bertz CT molecular complexity index is 295. The highest BCUT2D eigenvalue weighted by molar-refractivity contribution is 6.60. The van der Waals surface area contributed by atoms with Crippen LogP contribution in [-0.2, 0) is 18.1 Å². The zero-order valence-electron chi connectivity index (χ0n) is 13.2. The van der Waals surface area contributed by atoms with Gasteiger partial charge < -0.3 is 27.7 Å². The van der Waals surface area contributed by atoms with Crippen LogP contribution in [0, 0.1) is 0 Å². The number of carbonyl (C=O) groups is 1. The van der Waals surface area contributed by atoms with Crippen molar-refractivity contribution in [2.75, 3.05) is 49.0 Å². The molecule has 0 aliphatic heterocycles. The van der Waals surface area contributed by atoms with Crippen LogP contribution in [0.2, 0.25) is 6.04 Å². The molecule has 0 fully saturated rings. The summed E-state index contributed by atoms with van der Waals surface area (Å²) in [6, 6.07) is 0.881. The first-order chi connectivity index (χ1) is 9.33. The van der Waals surface area contributed by atoms with Crippen LogP contribution < -0.4 is 5.11 Å². The Balaban J connectivity index is 0. The number of alkyl halides is 3. The molecular formula is C11H24F3NO5Si. The van der Waals surface area contributed by atoms with Crippen LogP contribution in [0.1, 0.15) is 6.42 Å². The van der Waals surface area contributed by atoms with E-state index in [1.807, 2.05) is 0 Å². The highest BCUT2D eigenvalue weighted by Crippen LogP contribution is 2.15. The summed E-state index contributed by atoms with van der Waals surface area (Å²) in [5.74, 6) is -3.01. The third-order valence-corrected chi connectivity index (χ3v) is 5.31. The highest BCUT2D eigenvalue weighted by atomic mass is 28.4. The van der Waals surface area contributed by atoms with Crippen molar-refractivity contribution in [3.05, 3.63) is 0 Å². The van der Waals surface area contributed by atoms with E-state index >= 15 is 0 Å². The molecule has 0 N–H and O–H groups in total. The van der Waals surface area contributed by atoms with Crippen LogP contribution in [0.15, 0.2) is 0 Å². The molecule has 0 aromatic heterocycles. The van der Waals surface area contributed by atoms with Crippen LogP contribution in [-0.4, -0.2) is 74.5 Å². The predicted molar refractivity (Wildman–Crippen MR) is 70.2 cm³/mol. The monoisotopic (exact) mass is 335 g/mol. The van der Waals surface area contributed by atoms with E-state index in [1.54, 1.807) is 21.3 Å². The number of aliphatic carboxylic acids is 1. The molecule has 0 saturated heterocycles. The van der Waals surface area contributed by atoms with E-state index in [4.69, 9.17) is 23.2 Å². The van der Waals surface area contributed by atoms with Crippen molar-refractivity contribution < 1.29 is 40.8 Å². The summed E-state index contributed by atoms with van der Waals surface area (Å²) in [5.41, 5.74) is 0. The van der Waals surface area contributed by atoms with Gasteiger partial charge in [0, 0.05) is 33.8 Å². The Labute approximate surface area is 124 Å². The lowest BCUT2D eigenvalue weighted by molar-refractivity contribution is -0.870. The van der Waals surface area contributed by atoms with Crippen molar-refractivity contribution in [1.29, 1.82) is 0 Å². The van der Waals surface area contributed by atoms with Crippen LogP contribution in [0.25, 0.3) is 0 Å². The number of hydrogen-bond acceptors (Lipinski definition) is 5. The second kappa shape index (κ2) is 9.36. The van der Waals surface area contributed by atoms with Gasteiger partial charge in [0.2, 0.25) is 0 Å². The van der Waals surface area contributed by atoms with Gasteiger partial charge in [-0.15, -0.1) is 0 Å². The first kappa shape index (κ1) is 22.6. The zero-order valence-corrected chi connectivity index (χ0v) is 14.2. The Morgan fingerprint density at radius 2 is 1.43 bits per heavy atom. The smallest absolute Gasteiger partial charge is 0.500 e. The van der Waals surface area contributed by atoms with Gasteiger partial charge in [0.1, 0.15) is 5.97 Å². The maximum atomic E-state index is 10.5. The number of hydrogen-bond donors (Lipinski definition) is 0. The molecule has 10 heteroatoms. The molecule has 0 bridgehead atoms. The molecule has 0 aliphatic rings. The minimum absolute atomic E-state index is 0.881. The first-order valence-electron chi connectivity index (χ1n) is 6.07. The Kier molecular flexibility index (Phi) is 10.1. The molecule has 6 nitrogen and oxygen atoms in total. The summed E-state index contributed by atoms with van der Waals surface area (Å²) >= 11 is 0. The summed E-state index contributed by atoms with van der Waals surface area (Å²) in [6.45, 7) is 1.10. The quantitative estimate of drug-likeness (QED) is 0.493. The van der Waals surface area contributed by atoms with Crippen molar-refractivity contribution in [2.24, 2.45) is 0 Å². The molecule has 0 heterocycles. The highest BCUT2D eigenvalue weighted by Gasteiger charge is 2.37. The number of carboxylic acids is 1. The fraction of sp³-hybridized carbons (Fsp3) is 0.909. The fourth-order valence-electron chi connectivity index (χ4n) is 1.33. The average molecular weight is 335 g/mol. The lowest BCUT2D eigenvalue weighted by Crippen LogP contribution is -2.44. The Morgan fingerprint density at radius 1 is 1.10 bits per heavy atom. The molecule has 0 rings (SSSR count). The normalized spacial score (nSPS) is 12.6. The van der Waals surface area contributed by atoms with Crippen LogP contribution >= 0.6 is 0 Å². The van der Waals surface area contributed by atoms with E-state index in [0.29, 0.717) is 0 Å². The SMILES string of the molecule is CO[Si](CCC[N+](C)(C)C)(OC)OC.O=C([O-])C(F)(F)F. The van der Waals surface area contributed by atoms with Gasteiger partial charge in [0.15, 0.2) is 0 Å². The van der Waals surface area contributed by atoms with E-state index in [0.717, 1.165) is 23.5 Å². The lowest BCUT2D eigenvalue weighted by atomic mass is 10.4. The van der Waals surface area contributed by atoms with Crippen molar-refractivity contribution in [3.63, 3.8) is 0 Å². The number of carbonyl (C=O) groups excluding carboxylic acids is 1. The van der Waals surface area contributed by atoms with E-state index in [-0.39, 0.29) is 0 Å². The summed E-state index contributed by atoms with van der Waals surface area (Å²) in [6.07, 6.45) is -4.13. The topological polar surface area (TPSA) is 67.8 Å². The molecule has 0 aliphatic carbocycles. The molecule has 0 aromatic rings. The summed E-state index contributed by atoms with van der Waals surface area (Å²) < 4.78 is 48.5. The maximum absolute atomic E-state index is 10.5. The average Bonchev–Trinajstić information content (AvgIpc) is 2.33. The van der Waals surface area contributed by atoms with Crippen molar-refractivity contribution in [3.8, 4) is 0 Å². The molecule has 0 amide bonds.